The Bertz CT molecular complexity index is 754. The largest absolute Gasteiger partial charge is 0.320 e. The maximum Gasteiger partial charge on any atom is 0.259 e. The second-order valence-electron chi connectivity index (χ2n) is 3.76. The van der Waals surface area contributed by atoms with Crippen LogP contribution in [0.3, 0.4) is 0 Å². The van der Waals surface area contributed by atoms with Crippen molar-refractivity contribution in [2.45, 2.75) is 0 Å². The van der Waals surface area contributed by atoms with Crippen molar-refractivity contribution in [3.05, 3.63) is 53.3 Å². The van der Waals surface area contributed by atoms with Gasteiger partial charge in [0.2, 0.25) is 0 Å². The maximum absolute atomic E-state index is 12.2. The molecule has 7 heteroatoms. The summed E-state index contributed by atoms with van der Waals surface area (Å²) in [5.74, 6) is -0.253. The lowest BCUT2D eigenvalue weighted by Gasteiger charge is -2.05. The Labute approximate surface area is 116 Å². The Morgan fingerprint density at radius 3 is 3.05 bits per heavy atom. The molecule has 0 aromatic carbocycles. The number of nitrogens with zero attached hydrogens (tertiary/aromatic N) is 4. The Morgan fingerprint density at radius 1 is 1.32 bits per heavy atom. The van der Waals surface area contributed by atoms with Crippen LogP contribution in [-0.4, -0.2) is 25.5 Å². The number of fused-ring (bicyclic) bond motifs is 1. The molecule has 0 saturated heterocycles. The SMILES string of the molecule is O=C(Nc1cccnc1Br)c1cnn2ccncc12. The molecule has 19 heavy (non-hydrogen) atoms. The van der Waals surface area contributed by atoms with Crippen molar-refractivity contribution in [1.82, 2.24) is 19.6 Å². The van der Waals surface area contributed by atoms with Crippen molar-refractivity contribution < 1.29 is 4.79 Å². The van der Waals surface area contributed by atoms with Crippen LogP contribution in [-0.2, 0) is 0 Å². The van der Waals surface area contributed by atoms with E-state index in [1.165, 1.54) is 6.20 Å². The first kappa shape index (κ1) is 11.8. The minimum Gasteiger partial charge on any atom is -0.320 e. The summed E-state index contributed by atoms with van der Waals surface area (Å²) >= 11 is 3.28. The van der Waals surface area contributed by atoms with Crippen molar-refractivity contribution in [3.8, 4) is 0 Å². The van der Waals surface area contributed by atoms with Crippen molar-refractivity contribution in [1.29, 1.82) is 0 Å². The Hall–Kier alpha value is -2.28. The molecule has 0 fully saturated rings. The molecule has 0 bridgehead atoms. The van der Waals surface area contributed by atoms with Crippen LogP contribution in [0.15, 0.2) is 47.7 Å². The minimum atomic E-state index is -0.253. The number of carbonyl (C=O) groups is 1. The molecule has 1 N–H and O–H groups in total. The molecule has 3 aromatic heterocycles. The van der Waals surface area contributed by atoms with Crippen LogP contribution in [0.5, 0.6) is 0 Å². The normalized spacial score (nSPS) is 10.6. The van der Waals surface area contributed by atoms with Crippen LogP contribution >= 0.6 is 15.9 Å². The first-order valence-corrected chi connectivity index (χ1v) is 6.24. The second-order valence-corrected chi connectivity index (χ2v) is 4.51. The molecule has 0 spiro atoms. The zero-order valence-electron chi connectivity index (χ0n) is 9.62. The Balaban J connectivity index is 1.95. The van der Waals surface area contributed by atoms with Crippen LogP contribution in [0.2, 0.25) is 0 Å². The van der Waals surface area contributed by atoms with Crippen LogP contribution in [0, 0.1) is 0 Å². The molecular weight excluding hydrogens is 310 g/mol. The lowest BCUT2D eigenvalue weighted by Crippen LogP contribution is -2.12. The summed E-state index contributed by atoms with van der Waals surface area (Å²) in [4.78, 5) is 20.2. The molecule has 0 aliphatic heterocycles. The van der Waals surface area contributed by atoms with Gasteiger partial charge in [-0.1, -0.05) is 0 Å². The Kier molecular flexibility index (Phi) is 2.96. The van der Waals surface area contributed by atoms with E-state index >= 15 is 0 Å². The summed E-state index contributed by atoms with van der Waals surface area (Å²) in [5, 5.41) is 6.87. The Morgan fingerprint density at radius 2 is 2.21 bits per heavy atom. The number of hydrogen-bond donors (Lipinski definition) is 1. The topological polar surface area (TPSA) is 72.2 Å². The number of aromatic nitrogens is 4. The molecule has 6 nitrogen and oxygen atoms in total. The summed E-state index contributed by atoms with van der Waals surface area (Å²) in [6.07, 6.45) is 8.04. The highest BCUT2D eigenvalue weighted by Gasteiger charge is 2.14. The highest BCUT2D eigenvalue weighted by molar-refractivity contribution is 9.10. The first-order chi connectivity index (χ1) is 9.25. The van der Waals surface area contributed by atoms with Gasteiger partial charge in [-0.25, -0.2) is 9.50 Å². The number of anilines is 1. The van der Waals surface area contributed by atoms with Gasteiger partial charge in [0.15, 0.2) is 0 Å². The van der Waals surface area contributed by atoms with Gasteiger partial charge in [-0.3, -0.25) is 9.78 Å². The molecule has 3 heterocycles. The zero-order valence-corrected chi connectivity index (χ0v) is 11.2. The summed E-state index contributed by atoms with van der Waals surface area (Å²) < 4.78 is 2.18. The van der Waals surface area contributed by atoms with E-state index in [9.17, 15) is 4.79 Å². The van der Waals surface area contributed by atoms with Gasteiger partial charge < -0.3 is 5.32 Å². The van der Waals surface area contributed by atoms with E-state index in [1.54, 1.807) is 41.4 Å². The van der Waals surface area contributed by atoms with E-state index in [-0.39, 0.29) is 5.91 Å². The fourth-order valence-corrected chi connectivity index (χ4v) is 2.03. The molecule has 0 unspecified atom stereocenters. The van der Waals surface area contributed by atoms with Crippen molar-refractivity contribution in [2.75, 3.05) is 5.32 Å². The van der Waals surface area contributed by atoms with E-state index in [0.29, 0.717) is 21.4 Å². The van der Waals surface area contributed by atoms with E-state index in [0.717, 1.165) is 0 Å². The van der Waals surface area contributed by atoms with Crippen LogP contribution < -0.4 is 5.32 Å². The predicted molar refractivity (Wildman–Crippen MR) is 72.9 cm³/mol. The first-order valence-electron chi connectivity index (χ1n) is 5.45. The maximum atomic E-state index is 12.2. The van der Waals surface area contributed by atoms with E-state index in [4.69, 9.17) is 0 Å². The van der Waals surface area contributed by atoms with Gasteiger partial charge in [0.25, 0.3) is 5.91 Å². The average molecular weight is 318 g/mol. The number of pyridine rings is 1. The summed E-state index contributed by atoms with van der Waals surface area (Å²) in [7, 11) is 0. The van der Waals surface area contributed by atoms with Gasteiger partial charge in [0.05, 0.1) is 29.2 Å². The predicted octanol–water partition coefficient (Wildman–Crippen LogP) is 2.14. The van der Waals surface area contributed by atoms with Crippen LogP contribution in [0.4, 0.5) is 5.69 Å². The fraction of sp³-hybridized carbons (Fsp3) is 0. The molecule has 3 aromatic rings. The number of carbonyl (C=O) groups excluding carboxylic acids is 1. The van der Waals surface area contributed by atoms with Gasteiger partial charge in [0.1, 0.15) is 4.60 Å². The molecular formula is C12H8BrN5O. The van der Waals surface area contributed by atoms with Gasteiger partial charge in [-0.2, -0.15) is 5.10 Å². The summed E-state index contributed by atoms with van der Waals surface area (Å²) in [5.41, 5.74) is 1.72. The highest BCUT2D eigenvalue weighted by Crippen LogP contribution is 2.20. The number of amides is 1. The summed E-state index contributed by atoms with van der Waals surface area (Å²) in [6.45, 7) is 0. The molecule has 0 atom stereocenters. The van der Waals surface area contributed by atoms with Crippen LogP contribution in [0.25, 0.3) is 5.52 Å². The number of rotatable bonds is 2. The third-order valence-electron chi connectivity index (χ3n) is 2.58. The molecule has 0 aliphatic rings. The lowest BCUT2D eigenvalue weighted by atomic mass is 10.2. The number of hydrogen-bond acceptors (Lipinski definition) is 4. The van der Waals surface area contributed by atoms with Crippen molar-refractivity contribution in [2.24, 2.45) is 0 Å². The van der Waals surface area contributed by atoms with Gasteiger partial charge in [-0.05, 0) is 28.1 Å². The monoisotopic (exact) mass is 317 g/mol. The molecule has 3 rings (SSSR count). The molecule has 0 saturated carbocycles. The van der Waals surface area contributed by atoms with Crippen molar-refractivity contribution >= 4 is 33.0 Å². The van der Waals surface area contributed by atoms with Crippen LogP contribution in [0.1, 0.15) is 10.4 Å². The minimum absolute atomic E-state index is 0.253. The number of halogens is 1. The van der Waals surface area contributed by atoms with E-state index in [1.807, 2.05) is 0 Å². The molecule has 0 radical (unpaired) electrons. The highest BCUT2D eigenvalue weighted by atomic mass is 79.9. The zero-order chi connectivity index (χ0) is 13.2. The molecule has 94 valence electrons. The summed E-state index contributed by atoms with van der Waals surface area (Å²) in [6, 6.07) is 3.51. The molecule has 0 aliphatic carbocycles. The van der Waals surface area contributed by atoms with E-state index in [2.05, 4.69) is 36.3 Å². The third kappa shape index (κ3) is 2.19. The van der Waals surface area contributed by atoms with Gasteiger partial charge >= 0.3 is 0 Å². The third-order valence-corrected chi connectivity index (χ3v) is 3.21. The van der Waals surface area contributed by atoms with Gasteiger partial charge in [-0.15, -0.1) is 0 Å². The van der Waals surface area contributed by atoms with E-state index < -0.39 is 0 Å². The van der Waals surface area contributed by atoms with Gasteiger partial charge in [0, 0.05) is 18.6 Å². The quantitative estimate of drug-likeness (QED) is 0.735. The lowest BCUT2D eigenvalue weighted by molar-refractivity contribution is 0.102. The molecule has 1 amide bonds. The fourth-order valence-electron chi connectivity index (χ4n) is 1.68. The average Bonchev–Trinajstić information content (AvgIpc) is 2.85. The standard InChI is InChI=1S/C12H8BrN5O/c13-11-9(2-1-3-15-11)17-12(19)8-6-16-18-5-4-14-7-10(8)18/h1-7H,(H,17,19). The number of nitrogens with one attached hydrogen (secondary N) is 1. The second kappa shape index (κ2) is 4.77. The van der Waals surface area contributed by atoms with Crippen molar-refractivity contribution in [3.63, 3.8) is 0 Å². The smallest absolute Gasteiger partial charge is 0.259 e.